The highest BCUT2D eigenvalue weighted by Gasteiger charge is 2.21. The summed E-state index contributed by atoms with van der Waals surface area (Å²) in [5.41, 5.74) is 10.1. The van der Waals surface area contributed by atoms with Crippen LogP contribution in [0.15, 0.2) is 54.6 Å². The molecular formula is C26H26N4O3. The normalized spacial score (nSPS) is 14.7. The van der Waals surface area contributed by atoms with Crippen LogP contribution in [-0.4, -0.2) is 66.9 Å². The molecule has 0 saturated carbocycles. The molecule has 33 heavy (non-hydrogen) atoms. The van der Waals surface area contributed by atoms with Gasteiger partial charge in [0, 0.05) is 48.0 Å². The van der Waals surface area contributed by atoms with Crippen LogP contribution in [0.3, 0.4) is 0 Å². The zero-order chi connectivity index (χ0) is 23.1. The Labute approximate surface area is 191 Å². The van der Waals surface area contributed by atoms with Gasteiger partial charge in [-0.05, 0) is 54.6 Å². The van der Waals surface area contributed by atoms with Gasteiger partial charge in [-0.1, -0.05) is 18.2 Å². The van der Waals surface area contributed by atoms with Crippen LogP contribution in [0, 0.1) is 0 Å². The molecule has 0 radical (unpaired) electrons. The summed E-state index contributed by atoms with van der Waals surface area (Å²) < 4.78 is 5.35. The predicted octanol–water partition coefficient (Wildman–Crippen LogP) is 3.48. The highest BCUT2D eigenvalue weighted by Crippen LogP contribution is 2.34. The summed E-state index contributed by atoms with van der Waals surface area (Å²) in [5.74, 6) is 0.250. The fraction of sp³-hybridized carbons (Fsp3) is 0.231. The highest BCUT2D eigenvalue weighted by molar-refractivity contribution is 6.17. The first kappa shape index (κ1) is 21.0. The monoisotopic (exact) mass is 442 g/mol. The Balaban J connectivity index is 1.61. The minimum absolute atomic E-state index is 0.0239. The van der Waals surface area contributed by atoms with Gasteiger partial charge in [-0.15, -0.1) is 0 Å². The molecular weight excluding hydrogens is 416 g/mol. The first-order chi connectivity index (χ1) is 15.9. The minimum atomic E-state index is -0.509. The number of carbonyl (C=O) groups excluding carboxylic acids is 2. The van der Waals surface area contributed by atoms with Crippen molar-refractivity contribution in [3.63, 3.8) is 0 Å². The summed E-state index contributed by atoms with van der Waals surface area (Å²) in [4.78, 5) is 32.8. The van der Waals surface area contributed by atoms with Gasteiger partial charge in [-0.2, -0.15) is 0 Å². The molecule has 1 fully saturated rings. The van der Waals surface area contributed by atoms with Crippen molar-refractivity contribution < 1.29 is 14.3 Å². The second kappa shape index (κ2) is 8.26. The van der Waals surface area contributed by atoms with Crippen molar-refractivity contribution in [2.45, 2.75) is 0 Å². The van der Waals surface area contributed by atoms with Gasteiger partial charge in [-0.25, -0.2) is 0 Å². The van der Waals surface area contributed by atoms with Gasteiger partial charge in [0.25, 0.3) is 11.8 Å². The summed E-state index contributed by atoms with van der Waals surface area (Å²) in [5, 5.41) is 1.82. The number of nitrogens with zero attached hydrogens (tertiary/aromatic N) is 2. The Hall–Kier alpha value is -3.84. The van der Waals surface area contributed by atoms with Gasteiger partial charge in [0.2, 0.25) is 0 Å². The number of rotatable bonds is 4. The third-order valence-corrected chi connectivity index (χ3v) is 6.41. The quantitative estimate of drug-likeness (QED) is 0.506. The van der Waals surface area contributed by atoms with Crippen LogP contribution in [0.4, 0.5) is 0 Å². The Morgan fingerprint density at radius 2 is 1.73 bits per heavy atom. The number of benzene rings is 3. The summed E-state index contributed by atoms with van der Waals surface area (Å²) in [6, 6.07) is 17.2. The molecule has 0 atom stereocenters. The lowest BCUT2D eigenvalue weighted by atomic mass is 9.98. The maximum atomic E-state index is 13.0. The van der Waals surface area contributed by atoms with Crippen molar-refractivity contribution in [2.75, 3.05) is 40.3 Å². The number of aromatic amines is 1. The Morgan fingerprint density at radius 3 is 2.45 bits per heavy atom. The van der Waals surface area contributed by atoms with Crippen LogP contribution in [0.25, 0.3) is 32.9 Å². The summed E-state index contributed by atoms with van der Waals surface area (Å²) in [6.07, 6.45) is 0. The molecule has 5 rings (SSSR count). The molecule has 1 aliphatic heterocycles. The Bertz CT molecular complexity index is 1380. The van der Waals surface area contributed by atoms with Crippen molar-refractivity contribution in [1.82, 2.24) is 14.8 Å². The average molecular weight is 443 g/mol. The van der Waals surface area contributed by atoms with Crippen LogP contribution in [0.5, 0.6) is 5.75 Å². The van der Waals surface area contributed by atoms with E-state index in [1.807, 2.05) is 53.4 Å². The van der Waals surface area contributed by atoms with Crippen molar-refractivity contribution >= 4 is 33.6 Å². The molecule has 168 valence electrons. The first-order valence-corrected chi connectivity index (χ1v) is 11.0. The molecule has 7 nitrogen and oxygen atoms in total. The largest absolute Gasteiger partial charge is 0.497 e. The van der Waals surface area contributed by atoms with Crippen LogP contribution < -0.4 is 10.5 Å². The van der Waals surface area contributed by atoms with Crippen molar-refractivity contribution in [3.8, 4) is 16.9 Å². The number of nitrogens with two attached hydrogens (primary N) is 1. The van der Waals surface area contributed by atoms with E-state index in [2.05, 4.69) is 16.9 Å². The van der Waals surface area contributed by atoms with Crippen LogP contribution >= 0.6 is 0 Å². The molecule has 7 heteroatoms. The molecule has 1 aromatic heterocycles. The summed E-state index contributed by atoms with van der Waals surface area (Å²) >= 11 is 0. The van der Waals surface area contributed by atoms with Gasteiger partial charge >= 0.3 is 0 Å². The van der Waals surface area contributed by atoms with Crippen molar-refractivity contribution in [2.24, 2.45) is 5.73 Å². The average Bonchev–Trinajstić information content (AvgIpc) is 3.21. The molecule has 0 bridgehead atoms. The second-order valence-electron chi connectivity index (χ2n) is 8.52. The number of nitrogens with one attached hydrogen (secondary N) is 1. The SMILES string of the molecule is COc1cccc(-c2cc(C(N)=O)c3[nH]c4cc(C(=O)N5CCN(C)CC5)ccc4c3c2)c1. The number of ether oxygens (including phenoxy) is 1. The zero-order valence-electron chi connectivity index (χ0n) is 18.7. The maximum absolute atomic E-state index is 13.0. The number of primary amides is 1. The van der Waals surface area contributed by atoms with E-state index in [0.717, 1.165) is 59.3 Å². The topological polar surface area (TPSA) is 91.7 Å². The molecule has 0 aliphatic carbocycles. The fourth-order valence-corrected chi connectivity index (χ4v) is 4.50. The number of likely N-dealkylation sites (N-methyl/N-ethyl adjacent to an activating group) is 1. The van der Waals surface area contributed by atoms with Crippen LogP contribution in [0.1, 0.15) is 20.7 Å². The number of fused-ring (bicyclic) bond motifs is 3. The van der Waals surface area contributed by atoms with E-state index in [1.54, 1.807) is 13.2 Å². The number of hydrogen-bond donors (Lipinski definition) is 2. The van der Waals surface area contributed by atoms with E-state index < -0.39 is 5.91 Å². The Kier molecular flexibility index (Phi) is 5.26. The van der Waals surface area contributed by atoms with Crippen LogP contribution in [-0.2, 0) is 0 Å². The zero-order valence-corrected chi connectivity index (χ0v) is 18.7. The lowest BCUT2D eigenvalue weighted by molar-refractivity contribution is 0.0664. The minimum Gasteiger partial charge on any atom is -0.497 e. The van der Waals surface area contributed by atoms with Gasteiger partial charge in [0.1, 0.15) is 5.75 Å². The van der Waals surface area contributed by atoms with Crippen molar-refractivity contribution in [3.05, 3.63) is 65.7 Å². The molecule has 2 heterocycles. The standard InChI is InChI=1S/C26H26N4O3/c1-29-8-10-30(11-9-29)26(32)17-6-7-20-21-13-18(16-4-3-5-19(12-16)33-2)14-22(25(27)31)24(21)28-23(20)15-17/h3-7,12-15,28H,8-11H2,1-2H3,(H2,27,31). The first-order valence-electron chi connectivity index (χ1n) is 11.0. The molecule has 3 aromatic carbocycles. The molecule has 0 spiro atoms. The third kappa shape index (κ3) is 3.81. The number of H-pyrrole nitrogens is 1. The third-order valence-electron chi connectivity index (χ3n) is 6.41. The van der Waals surface area contributed by atoms with Gasteiger partial charge < -0.3 is 25.3 Å². The summed E-state index contributed by atoms with van der Waals surface area (Å²) in [7, 11) is 3.69. The fourth-order valence-electron chi connectivity index (χ4n) is 4.50. The molecule has 2 amide bonds. The van der Waals surface area contributed by atoms with Gasteiger partial charge in [-0.3, -0.25) is 9.59 Å². The van der Waals surface area contributed by atoms with Gasteiger partial charge in [0.05, 0.1) is 18.2 Å². The smallest absolute Gasteiger partial charge is 0.254 e. The van der Waals surface area contributed by atoms with E-state index >= 15 is 0 Å². The second-order valence-corrected chi connectivity index (χ2v) is 8.52. The van der Waals surface area contributed by atoms with Gasteiger partial charge in [0.15, 0.2) is 0 Å². The van der Waals surface area contributed by atoms with Crippen molar-refractivity contribution in [1.29, 1.82) is 0 Å². The van der Waals surface area contributed by atoms with E-state index in [4.69, 9.17) is 10.5 Å². The lowest BCUT2D eigenvalue weighted by Gasteiger charge is -2.32. The van der Waals surface area contributed by atoms with E-state index in [0.29, 0.717) is 16.6 Å². The molecule has 1 aliphatic rings. The molecule has 4 aromatic rings. The molecule has 0 unspecified atom stereocenters. The number of carbonyl (C=O) groups is 2. The van der Waals surface area contributed by atoms with Crippen LogP contribution in [0.2, 0.25) is 0 Å². The maximum Gasteiger partial charge on any atom is 0.254 e. The number of piperazine rings is 1. The van der Waals surface area contributed by atoms with E-state index in [9.17, 15) is 9.59 Å². The summed E-state index contributed by atoms with van der Waals surface area (Å²) in [6.45, 7) is 3.18. The molecule has 1 saturated heterocycles. The number of hydrogen-bond acceptors (Lipinski definition) is 4. The lowest BCUT2D eigenvalue weighted by Crippen LogP contribution is -2.47. The van der Waals surface area contributed by atoms with E-state index in [-0.39, 0.29) is 5.91 Å². The van der Waals surface area contributed by atoms with E-state index in [1.165, 1.54) is 0 Å². The highest BCUT2D eigenvalue weighted by atomic mass is 16.5. The Morgan fingerprint density at radius 1 is 0.939 bits per heavy atom. The molecule has 3 N–H and O–H groups in total. The number of methoxy groups -OCH3 is 1. The number of aromatic nitrogens is 1. The predicted molar refractivity (Wildman–Crippen MR) is 130 cm³/mol. The number of amides is 2.